The second-order valence-electron chi connectivity index (χ2n) is 6.84. The number of ether oxygens (including phenoxy) is 1. The van der Waals surface area contributed by atoms with E-state index in [1.165, 1.54) is 0 Å². The van der Waals surface area contributed by atoms with Crippen molar-refractivity contribution in [3.63, 3.8) is 0 Å². The van der Waals surface area contributed by atoms with Gasteiger partial charge in [0.05, 0.1) is 11.0 Å². The minimum Gasteiger partial charge on any atom is -0.491 e. The van der Waals surface area contributed by atoms with Crippen LogP contribution in [0.25, 0.3) is 0 Å². The van der Waals surface area contributed by atoms with Gasteiger partial charge in [-0.2, -0.15) is 0 Å². The smallest absolute Gasteiger partial charge is 0.240 e. The van der Waals surface area contributed by atoms with Gasteiger partial charge in [-0.3, -0.25) is 4.99 Å². The molecule has 0 unspecified atom stereocenters. The quantitative estimate of drug-likeness (QED) is 0.195. The van der Waals surface area contributed by atoms with Crippen LogP contribution in [0.3, 0.4) is 0 Å². The van der Waals surface area contributed by atoms with Crippen molar-refractivity contribution in [2.45, 2.75) is 38.3 Å². The minimum atomic E-state index is -3.51. The highest BCUT2D eigenvalue weighted by Crippen LogP contribution is 2.21. The van der Waals surface area contributed by atoms with E-state index in [4.69, 9.17) is 4.74 Å². The van der Waals surface area contributed by atoms with Gasteiger partial charge in [-0.15, -0.1) is 24.0 Å². The van der Waals surface area contributed by atoms with Crippen molar-refractivity contribution in [3.8, 4) is 5.75 Å². The van der Waals surface area contributed by atoms with Gasteiger partial charge in [-0.05, 0) is 44.5 Å². The Kier molecular flexibility index (Phi) is 11.1. The van der Waals surface area contributed by atoms with Crippen LogP contribution >= 0.6 is 24.0 Å². The molecule has 7 nitrogen and oxygen atoms in total. The van der Waals surface area contributed by atoms with Gasteiger partial charge in [0, 0.05) is 32.2 Å². The normalized spacial score (nSPS) is 11.7. The highest BCUT2D eigenvalue weighted by atomic mass is 127. The van der Waals surface area contributed by atoms with E-state index < -0.39 is 10.0 Å². The number of aliphatic imine (C=N–C) groups is 1. The average Bonchev–Trinajstić information content (AvgIpc) is 2.69. The summed E-state index contributed by atoms with van der Waals surface area (Å²) in [6, 6.07) is 14.4. The molecule has 0 radical (unpaired) electrons. The Labute approximate surface area is 196 Å². The molecule has 0 bridgehead atoms. The van der Waals surface area contributed by atoms with Crippen molar-refractivity contribution in [2.75, 3.05) is 20.1 Å². The van der Waals surface area contributed by atoms with E-state index >= 15 is 0 Å². The van der Waals surface area contributed by atoms with E-state index in [1.54, 1.807) is 37.4 Å². The highest BCUT2D eigenvalue weighted by molar-refractivity contribution is 14.0. The van der Waals surface area contributed by atoms with E-state index in [-0.39, 0.29) is 41.5 Å². The van der Waals surface area contributed by atoms with Gasteiger partial charge in [0.2, 0.25) is 10.0 Å². The van der Waals surface area contributed by atoms with Crippen LogP contribution in [0.15, 0.2) is 58.4 Å². The number of hydrogen-bond donors (Lipinski definition) is 3. The third-order valence-electron chi connectivity index (χ3n) is 4.02. The number of halogens is 1. The zero-order valence-electron chi connectivity index (χ0n) is 17.8. The fourth-order valence-electron chi connectivity index (χ4n) is 2.62. The van der Waals surface area contributed by atoms with Crippen molar-refractivity contribution in [1.29, 1.82) is 0 Å². The number of sulfonamides is 1. The molecular formula is C21H31IN4O3S. The Balaban J connectivity index is 0.00000450. The van der Waals surface area contributed by atoms with Crippen LogP contribution in [-0.4, -0.2) is 40.6 Å². The number of benzene rings is 2. The lowest BCUT2D eigenvalue weighted by Crippen LogP contribution is -2.41. The van der Waals surface area contributed by atoms with Crippen molar-refractivity contribution >= 4 is 40.0 Å². The molecule has 2 rings (SSSR count). The lowest BCUT2D eigenvalue weighted by atomic mass is 10.1. The number of rotatable bonds is 9. The van der Waals surface area contributed by atoms with Gasteiger partial charge >= 0.3 is 0 Å². The SMILES string of the molecule is CN=C(NCCNS(=O)(=O)c1ccccc1)NCc1ccc(C)cc1OC(C)C.I. The van der Waals surface area contributed by atoms with Gasteiger partial charge in [-0.1, -0.05) is 30.3 Å². The molecule has 0 fully saturated rings. The molecule has 0 aliphatic heterocycles. The molecule has 0 aliphatic carbocycles. The number of guanidine groups is 1. The summed E-state index contributed by atoms with van der Waals surface area (Å²) in [5.74, 6) is 1.43. The van der Waals surface area contributed by atoms with E-state index in [2.05, 4.69) is 20.3 Å². The maximum atomic E-state index is 12.2. The lowest BCUT2D eigenvalue weighted by molar-refractivity contribution is 0.239. The molecule has 2 aromatic carbocycles. The summed E-state index contributed by atoms with van der Waals surface area (Å²) in [4.78, 5) is 4.43. The van der Waals surface area contributed by atoms with Crippen LogP contribution in [0.2, 0.25) is 0 Å². The van der Waals surface area contributed by atoms with Crippen LogP contribution < -0.4 is 20.1 Å². The first-order chi connectivity index (χ1) is 13.8. The molecule has 0 spiro atoms. The zero-order valence-corrected chi connectivity index (χ0v) is 21.0. The van der Waals surface area contributed by atoms with Crippen LogP contribution in [0, 0.1) is 6.92 Å². The van der Waals surface area contributed by atoms with Crippen molar-refractivity contribution in [3.05, 3.63) is 59.7 Å². The molecular weight excluding hydrogens is 515 g/mol. The third kappa shape index (κ3) is 8.49. The molecule has 3 N–H and O–H groups in total. The maximum Gasteiger partial charge on any atom is 0.240 e. The highest BCUT2D eigenvalue weighted by Gasteiger charge is 2.12. The summed E-state index contributed by atoms with van der Waals surface area (Å²) in [5.41, 5.74) is 2.16. The Bertz CT molecular complexity index is 919. The van der Waals surface area contributed by atoms with Gasteiger partial charge in [-0.25, -0.2) is 13.1 Å². The topological polar surface area (TPSA) is 91.8 Å². The van der Waals surface area contributed by atoms with Gasteiger partial charge in [0.25, 0.3) is 0 Å². The molecule has 0 amide bonds. The van der Waals surface area contributed by atoms with Gasteiger partial charge in [0.1, 0.15) is 5.75 Å². The maximum absolute atomic E-state index is 12.2. The Morgan fingerprint density at radius 2 is 1.77 bits per heavy atom. The van der Waals surface area contributed by atoms with E-state index in [1.807, 2.05) is 39.0 Å². The van der Waals surface area contributed by atoms with Crippen molar-refractivity contribution in [2.24, 2.45) is 4.99 Å². The molecule has 9 heteroatoms. The molecule has 0 saturated carbocycles. The minimum absolute atomic E-state index is 0. The van der Waals surface area contributed by atoms with Crippen LogP contribution in [0.4, 0.5) is 0 Å². The molecule has 166 valence electrons. The monoisotopic (exact) mass is 546 g/mol. The second kappa shape index (κ2) is 12.8. The van der Waals surface area contributed by atoms with E-state index in [0.29, 0.717) is 19.0 Å². The first kappa shape index (κ1) is 26.2. The molecule has 30 heavy (non-hydrogen) atoms. The second-order valence-corrected chi connectivity index (χ2v) is 8.61. The Hall–Kier alpha value is -1.85. The Morgan fingerprint density at radius 3 is 2.40 bits per heavy atom. The van der Waals surface area contributed by atoms with Gasteiger partial charge in [0.15, 0.2) is 5.96 Å². The standard InChI is InChI=1S/C21H30N4O3S.HI/c1-16(2)28-20-14-17(3)10-11-18(20)15-24-21(22-4)23-12-13-25-29(26,27)19-8-6-5-7-9-19;/h5-11,14,16,25H,12-13,15H2,1-4H3,(H2,22,23,24);1H. The predicted octanol–water partition coefficient (Wildman–Crippen LogP) is 3.04. The molecule has 0 aliphatic rings. The first-order valence-electron chi connectivity index (χ1n) is 9.57. The Morgan fingerprint density at radius 1 is 1.07 bits per heavy atom. The summed E-state index contributed by atoms with van der Waals surface area (Å²) >= 11 is 0. The number of hydrogen-bond acceptors (Lipinski definition) is 4. The summed E-state index contributed by atoms with van der Waals surface area (Å²) in [6.45, 7) is 7.20. The fourth-order valence-corrected chi connectivity index (χ4v) is 3.67. The third-order valence-corrected chi connectivity index (χ3v) is 5.50. The van der Waals surface area contributed by atoms with Crippen molar-refractivity contribution in [1.82, 2.24) is 15.4 Å². The summed E-state index contributed by atoms with van der Waals surface area (Å²) < 4.78 is 32.9. The van der Waals surface area contributed by atoms with E-state index in [9.17, 15) is 8.42 Å². The van der Waals surface area contributed by atoms with Crippen LogP contribution in [0.1, 0.15) is 25.0 Å². The average molecular weight is 546 g/mol. The van der Waals surface area contributed by atoms with Gasteiger partial charge < -0.3 is 15.4 Å². The number of nitrogens with one attached hydrogen (secondary N) is 3. The summed E-state index contributed by atoms with van der Waals surface area (Å²) in [6.07, 6.45) is 0.0885. The molecule has 0 aromatic heterocycles. The lowest BCUT2D eigenvalue weighted by Gasteiger charge is -2.17. The van der Waals surface area contributed by atoms with Crippen molar-refractivity contribution < 1.29 is 13.2 Å². The van der Waals surface area contributed by atoms with Crippen LogP contribution in [-0.2, 0) is 16.6 Å². The summed E-state index contributed by atoms with van der Waals surface area (Å²) in [5, 5.41) is 6.34. The number of aryl methyl sites for hydroxylation is 1. The molecule has 0 heterocycles. The largest absolute Gasteiger partial charge is 0.491 e. The van der Waals surface area contributed by atoms with E-state index in [0.717, 1.165) is 16.9 Å². The molecule has 0 saturated heterocycles. The summed E-state index contributed by atoms with van der Waals surface area (Å²) in [7, 11) is -1.84. The van der Waals surface area contributed by atoms with Crippen LogP contribution in [0.5, 0.6) is 5.75 Å². The zero-order chi connectivity index (χ0) is 21.3. The number of nitrogens with zero attached hydrogens (tertiary/aromatic N) is 1. The first-order valence-corrected chi connectivity index (χ1v) is 11.1. The molecule has 0 atom stereocenters. The molecule has 2 aromatic rings. The predicted molar refractivity (Wildman–Crippen MR) is 132 cm³/mol. The fraction of sp³-hybridized carbons (Fsp3) is 0.381.